The zero-order chi connectivity index (χ0) is 16.4. The van der Waals surface area contributed by atoms with Crippen molar-refractivity contribution in [2.24, 2.45) is 0 Å². The average molecular weight is 308 g/mol. The van der Waals surface area contributed by atoms with Gasteiger partial charge in [0.15, 0.2) is 0 Å². The second kappa shape index (κ2) is 6.45. The van der Waals surface area contributed by atoms with Gasteiger partial charge in [-0.05, 0) is 68.0 Å². The van der Waals surface area contributed by atoms with Gasteiger partial charge < -0.3 is 10.2 Å². The average Bonchev–Trinajstić information content (AvgIpc) is 3.01. The van der Waals surface area contributed by atoms with E-state index in [1.807, 2.05) is 29.2 Å². The number of aryl methyl sites for hydroxylation is 3. The van der Waals surface area contributed by atoms with Crippen LogP contribution in [0.25, 0.3) is 0 Å². The molecule has 0 radical (unpaired) electrons. The minimum Gasteiger partial charge on any atom is -0.317 e. The Hall–Kier alpha value is -2.29. The lowest BCUT2D eigenvalue weighted by atomic mass is 9.99. The van der Waals surface area contributed by atoms with Crippen LogP contribution in [0.3, 0.4) is 0 Å². The first-order chi connectivity index (χ1) is 11.1. The van der Waals surface area contributed by atoms with Gasteiger partial charge in [-0.3, -0.25) is 0 Å². The maximum atomic E-state index is 12.7. The van der Waals surface area contributed by atoms with Crippen molar-refractivity contribution in [2.75, 3.05) is 11.9 Å². The first-order valence-corrected chi connectivity index (χ1v) is 8.26. The minimum absolute atomic E-state index is 0.000920. The summed E-state index contributed by atoms with van der Waals surface area (Å²) in [5.74, 6) is 0. The van der Waals surface area contributed by atoms with E-state index in [1.54, 1.807) is 0 Å². The van der Waals surface area contributed by atoms with Crippen molar-refractivity contribution in [1.82, 2.24) is 4.90 Å². The summed E-state index contributed by atoms with van der Waals surface area (Å²) in [6, 6.07) is 14.6. The van der Waals surface area contributed by atoms with E-state index in [0.717, 1.165) is 25.1 Å². The summed E-state index contributed by atoms with van der Waals surface area (Å²) in [5, 5.41) is 3.06. The maximum Gasteiger partial charge on any atom is 0.322 e. The number of anilines is 1. The predicted molar refractivity (Wildman–Crippen MR) is 94.8 cm³/mol. The zero-order valence-electron chi connectivity index (χ0n) is 14.1. The van der Waals surface area contributed by atoms with Crippen LogP contribution in [-0.4, -0.2) is 17.5 Å². The van der Waals surface area contributed by atoms with Crippen LogP contribution in [0.2, 0.25) is 0 Å². The summed E-state index contributed by atoms with van der Waals surface area (Å²) in [5.41, 5.74) is 5.82. The van der Waals surface area contributed by atoms with E-state index in [0.29, 0.717) is 0 Å². The van der Waals surface area contributed by atoms with Crippen molar-refractivity contribution < 1.29 is 4.79 Å². The highest BCUT2D eigenvalue weighted by molar-refractivity contribution is 5.90. The number of hydrogen-bond donors (Lipinski definition) is 1. The van der Waals surface area contributed by atoms with Crippen molar-refractivity contribution >= 4 is 11.7 Å². The number of carbonyl (C=O) groups excluding carboxylic acids is 1. The molecule has 1 aliphatic rings. The fourth-order valence-electron chi connectivity index (χ4n) is 3.31. The molecule has 1 aliphatic heterocycles. The lowest BCUT2D eigenvalue weighted by Crippen LogP contribution is -2.34. The highest BCUT2D eigenvalue weighted by Crippen LogP contribution is 2.34. The van der Waals surface area contributed by atoms with Gasteiger partial charge in [0.05, 0.1) is 6.04 Å². The number of nitrogens with one attached hydrogen (secondary N) is 1. The number of urea groups is 1. The predicted octanol–water partition coefficient (Wildman–Crippen LogP) is 4.98. The Kier molecular flexibility index (Phi) is 4.37. The second-order valence-corrected chi connectivity index (χ2v) is 6.44. The van der Waals surface area contributed by atoms with Gasteiger partial charge in [-0.2, -0.15) is 0 Å². The Balaban J connectivity index is 1.78. The highest BCUT2D eigenvalue weighted by atomic mass is 16.2. The van der Waals surface area contributed by atoms with Crippen molar-refractivity contribution in [3.63, 3.8) is 0 Å². The third-order valence-corrected chi connectivity index (χ3v) is 4.82. The molecule has 0 spiro atoms. The minimum atomic E-state index is -0.000920. The van der Waals surface area contributed by atoms with Gasteiger partial charge >= 0.3 is 6.03 Å². The SMILES string of the molecule is Cc1ccc(NC(=O)N2CCCC2c2ccccc2C)cc1C. The summed E-state index contributed by atoms with van der Waals surface area (Å²) in [7, 11) is 0. The quantitative estimate of drug-likeness (QED) is 0.833. The second-order valence-electron chi connectivity index (χ2n) is 6.44. The van der Waals surface area contributed by atoms with Crippen LogP contribution in [0.1, 0.15) is 41.1 Å². The number of nitrogens with zero attached hydrogens (tertiary/aromatic N) is 1. The third-order valence-electron chi connectivity index (χ3n) is 4.82. The highest BCUT2D eigenvalue weighted by Gasteiger charge is 2.30. The monoisotopic (exact) mass is 308 g/mol. The molecule has 1 fully saturated rings. The van der Waals surface area contributed by atoms with Crippen molar-refractivity contribution in [3.8, 4) is 0 Å². The molecule has 3 nitrogen and oxygen atoms in total. The van der Waals surface area contributed by atoms with Gasteiger partial charge in [-0.1, -0.05) is 30.3 Å². The molecule has 2 amide bonds. The van der Waals surface area contributed by atoms with Crippen LogP contribution in [0, 0.1) is 20.8 Å². The molecule has 0 aliphatic carbocycles. The van der Waals surface area contributed by atoms with Crippen molar-refractivity contribution in [3.05, 3.63) is 64.7 Å². The number of rotatable bonds is 2. The van der Waals surface area contributed by atoms with Gasteiger partial charge in [0, 0.05) is 12.2 Å². The maximum absolute atomic E-state index is 12.7. The molecule has 1 heterocycles. The molecule has 2 aromatic rings. The van der Waals surface area contributed by atoms with Crippen molar-refractivity contribution in [2.45, 2.75) is 39.7 Å². The Morgan fingerprint density at radius 3 is 2.57 bits per heavy atom. The van der Waals surface area contributed by atoms with E-state index in [1.165, 1.54) is 22.3 Å². The van der Waals surface area contributed by atoms with Crippen LogP contribution in [0.15, 0.2) is 42.5 Å². The Bertz CT molecular complexity index is 723. The van der Waals surface area contributed by atoms with Crippen molar-refractivity contribution in [1.29, 1.82) is 0 Å². The molecule has 23 heavy (non-hydrogen) atoms. The standard InChI is InChI=1S/C20H24N2O/c1-14-10-11-17(13-16(14)3)21-20(23)22-12-6-9-19(22)18-8-5-4-7-15(18)2/h4-5,7-8,10-11,13,19H,6,9,12H2,1-3H3,(H,21,23). The molecular weight excluding hydrogens is 284 g/mol. The molecule has 0 saturated carbocycles. The molecule has 0 aromatic heterocycles. The molecular formula is C20H24N2O. The Labute approximate surface area is 138 Å². The molecule has 1 unspecified atom stereocenters. The van der Waals surface area contributed by atoms with Crippen LogP contribution >= 0.6 is 0 Å². The van der Waals surface area contributed by atoms with Gasteiger partial charge in [-0.25, -0.2) is 4.79 Å². The number of likely N-dealkylation sites (tertiary alicyclic amines) is 1. The summed E-state index contributed by atoms with van der Waals surface area (Å²) < 4.78 is 0. The van der Waals surface area contributed by atoms with E-state index in [4.69, 9.17) is 0 Å². The molecule has 3 heteroatoms. The first kappa shape index (κ1) is 15.6. The first-order valence-electron chi connectivity index (χ1n) is 8.26. The van der Waals surface area contributed by atoms with Crippen LogP contribution in [-0.2, 0) is 0 Å². The van der Waals surface area contributed by atoms with E-state index < -0.39 is 0 Å². The molecule has 3 rings (SSSR count). The van der Waals surface area contributed by atoms with E-state index >= 15 is 0 Å². The largest absolute Gasteiger partial charge is 0.322 e. The summed E-state index contributed by atoms with van der Waals surface area (Å²) in [4.78, 5) is 14.7. The number of benzene rings is 2. The summed E-state index contributed by atoms with van der Waals surface area (Å²) in [6.45, 7) is 7.08. The molecule has 2 aromatic carbocycles. The smallest absolute Gasteiger partial charge is 0.317 e. The molecule has 1 saturated heterocycles. The van der Waals surface area contributed by atoms with Gasteiger partial charge in [0.25, 0.3) is 0 Å². The van der Waals surface area contributed by atoms with E-state index in [9.17, 15) is 4.79 Å². The summed E-state index contributed by atoms with van der Waals surface area (Å²) >= 11 is 0. The lowest BCUT2D eigenvalue weighted by molar-refractivity contribution is 0.207. The van der Waals surface area contributed by atoms with Crippen LogP contribution in [0.4, 0.5) is 10.5 Å². The third kappa shape index (κ3) is 3.24. The van der Waals surface area contributed by atoms with Crippen LogP contribution in [0.5, 0.6) is 0 Å². The molecule has 1 atom stereocenters. The Morgan fingerprint density at radius 1 is 1.04 bits per heavy atom. The van der Waals surface area contributed by atoms with Gasteiger partial charge in [0.2, 0.25) is 0 Å². The number of hydrogen-bond acceptors (Lipinski definition) is 1. The zero-order valence-corrected chi connectivity index (χ0v) is 14.1. The fraction of sp³-hybridized carbons (Fsp3) is 0.350. The molecule has 1 N–H and O–H groups in total. The van der Waals surface area contributed by atoms with Gasteiger partial charge in [0.1, 0.15) is 0 Å². The number of amides is 2. The van der Waals surface area contributed by atoms with Crippen LogP contribution < -0.4 is 5.32 Å². The normalized spacial score (nSPS) is 17.3. The Morgan fingerprint density at radius 2 is 1.83 bits per heavy atom. The lowest BCUT2D eigenvalue weighted by Gasteiger charge is -2.26. The van der Waals surface area contributed by atoms with E-state index in [-0.39, 0.29) is 12.1 Å². The molecule has 0 bridgehead atoms. The molecule has 120 valence electrons. The fourth-order valence-corrected chi connectivity index (χ4v) is 3.31. The number of carbonyl (C=O) groups is 1. The summed E-state index contributed by atoms with van der Waals surface area (Å²) in [6.07, 6.45) is 2.09. The van der Waals surface area contributed by atoms with E-state index in [2.05, 4.69) is 44.3 Å². The topological polar surface area (TPSA) is 32.3 Å². The van der Waals surface area contributed by atoms with Gasteiger partial charge in [-0.15, -0.1) is 0 Å².